The van der Waals surface area contributed by atoms with Crippen LogP contribution >= 0.6 is 0 Å². The molecule has 1 aliphatic heterocycles. The second-order valence-corrected chi connectivity index (χ2v) is 4.19. The summed E-state index contributed by atoms with van der Waals surface area (Å²) in [4.78, 5) is 4.43. The van der Waals surface area contributed by atoms with Crippen LogP contribution < -0.4 is 0 Å². The largest absolute Gasteiger partial charge is 0.334 e. The van der Waals surface area contributed by atoms with E-state index in [0.29, 0.717) is 5.92 Å². The molecule has 0 N–H and O–H groups in total. The molecular weight excluding hydrogens is 148 g/mol. The highest BCUT2D eigenvalue weighted by molar-refractivity contribution is 5.19. The Hall–Kier alpha value is -0.790. The molecule has 1 aromatic rings. The maximum atomic E-state index is 4.43. The maximum absolute atomic E-state index is 4.43. The molecule has 2 heteroatoms. The Bertz CT molecular complexity index is 286. The fourth-order valence-corrected chi connectivity index (χ4v) is 2.02. The van der Waals surface area contributed by atoms with Gasteiger partial charge in [-0.05, 0) is 18.3 Å². The van der Waals surface area contributed by atoms with E-state index in [1.54, 1.807) is 0 Å². The van der Waals surface area contributed by atoms with E-state index >= 15 is 0 Å². The van der Waals surface area contributed by atoms with Gasteiger partial charge < -0.3 is 4.57 Å². The van der Waals surface area contributed by atoms with Crippen molar-refractivity contribution >= 4 is 0 Å². The van der Waals surface area contributed by atoms with Crippen molar-refractivity contribution in [2.24, 2.45) is 5.92 Å². The fraction of sp³-hybridized carbons (Fsp3) is 0.700. The van der Waals surface area contributed by atoms with E-state index in [1.165, 1.54) is 17.8 Å². The van der Waals surface area contributed by atoms with Crippen LogP contribution in [0.4, 0.5) is 0 Å². The van der Waals surface area contributed by atoms with Crippen molar-refractivity contribution in [1.82, 2.24) is 9.55 Å². The molecule has 1 aromatic heterocycles. The number of nitrogens with zero attached hydrogens (tertiary/aromatic N) is 2. The van der Waals surface area contributed by atoms with E-state index in [-0.39, 0.29) is 0 Å². The second kappa shape index (κ2) is 2.61. The summed E-state index contributed by atoms with van der Waals surface area (Å²) < 4.78 is 2.31. The van der Waals surface area contributed by atoms with Crippen LogP contribution in [0.5, 0.6) is 0 Å². The van der Waals surface area contributed by atoms with Crippen molar-refractivity contribution in [3.8, 4) is 0 Å². The van der Waals surface area contributed by atoms with E-state index in [2.05, 4.69) is 30.3 Å². The van der Waals surface area contributed by atoms with E-state index in [4.69, 9.17) is 0 Å². The second-order valence-electron chi connectivity index (χ2n) is 4.19. The molecule has 0 saturated carbocycles. The number of fused-ring (bicyclic) bond motifs is 1. The first kappa shape index (κ1) is 7.84. The normalized spacial score (nSPS) is 21.8. The summed E-state index contributed by atoms with van der Waals surface area (Å²) in [5.41, 5.74) is 2.77. The van der Waals surface area contributed by atoms with Gasteiger partial charge in [0.25, 0.3) is 0 Å². The van der Waals surface area contributed by atoms with E-state index in [0.717, 1.165) is 12.5 Å². The highest BCUT2D eigenvalue weighted by Crippen LogP contribution is 2.26. The minimum Gasteiger partial charge on any atom is -0.334 e. The molecule has 0 fully saturated rings. The van der Waals surface area contributed by atoms with Gasteiger partial charge in [0.15, 0.2) is 0 Å². The van der Waals surface area contributed by atoms with Crippen LogP contribution in [0.3, 0.4) is 0 Å². The van der Waals surface area contributed by atoms with Gasteiger partial charge in [-0.2, -0.15) is 0 Å². The standard InChI is InChI=1S/C10H16N2/c1-7(2)10-9-4-8(3)5-12(9)6-11-10/h6-8H,4-5H2,1-3H3/t8-/m1/s1. The van der Waals surface area contributed by atoms with Crippen molar-refractivity contribution in [2.75, 3.05) is 0 Å². The number of hydrogen-bond donors (Lipinski definition) is 0. The van der Waals surface area contributed by atoms with Crippen LogP contribution in [0.1, 0.15) is 38.1 Å². The minimum atomic E-state index is 0.576. The lowest BCUT2D eigenvalue weighted by atomic mass is 10.0. The Balaban J connectivity index is 2.37. The molecule has 0 saturated heterocycles. The molecule has 2 rings (SSSR count). The lowest BCUT2D eigenvalue weighted by Gasteiger charge is -2.02. The van der Waals surface area contributed by atoms with Crippen molar-refractivity contribution < 1.29 is 0 Å². The molecule has 0 aromatic carbocycles. The first-order valence-corrected chi connectivity index (χ1v) is 4.72. The summed E-state index contributed by atoms with van der Waals surface area (Å²) in [5, 5.41) is 0. The molecule has 0 aliphatic carbocycles. The summed E-state index contributed by atoms with van der Waals surface area (Å²) in [7, 11) is 0. The molecule has 0 bridgehead atoms. The zero-order valence-electron chi connectivity index (χ0n) is 8.04. The minimum absolute atomic E-state index is 0.576. The lowest BCUT2D eigenvalue weighted by molar-refractivity contribution is 0.559. The van der Waals surface area contributed by atoms with Gasteiger partial charge in [-0.3, -0.25) is 0 Å². The first-order chi connectivity index (χ1) is 5.68. The number of rotatable bonds is 1. The molecule has 0 radical (unpaired) electrons. The molecule has 66 valence electrons. The van der Waals surface area contributed by atoms with Crippen molar-refractivity contribution in [3.63, 3.8) is 0 Å². The highest BCUT2D eigenvalue weighted by atomic mass is 15.1. The van der Waals surface area contributed by atoms with Gasteiger partial charge in [-0.15, -0.1) is 0 Å². The SMILES string of the molecule is CC(C)c1ncn2c1C[C@@H](C)C2. The summed E-state index contributed by atoms with van der Waals surface area (Å²) in [5.74, 6) is 1.38. The summed E-state index contributed by atoms with van der Waals surface area (Å²) in [6, 6.07) is 0. The summed E-state index contributed by atoms with van der Waals surface area (Å²) in [6.45, 7) is 7.89. The lowest BCUT2D eigenvalue weighted by Crippen LogP contribution is -1.96. The molecule has 12 heavy (non-hydrogen) atoms. The quantitative estimate of drug-likeness (QED) is 0.622. The van der Waals surface area contributed by atoms with Crippen molar-refractivity contribution in [1.29, 1.82) is 0 Å². The first-order valence-electron chi connectivity index (χ1n) is 4.72. The van der Waals surface area contributed by atoms with Gasteiger partial charge in [0.2, 0.25) is 0 Å². The van der Waals surface area contributed by atoms with Gasteiger partial charge >= 0.3 is 0 Å². The Kier molecular flexibility index (Phi) is 1.71. The number of imidazole rings is 1. The van der Waals surface area contributed by atoms with Crippen LogP contribution in [-0.4, -0.2) is 9.55 Å². The molecule has 0 spiro atoms. The maximum Gasteiger partial charge on any atom is 0.0951 e. The van der Waals surface area contributed by atoms with Crippen LogP contribution in [0.25, 0.3) is 0 Å². The predicted octanol–water partition coefficient (Wildman–Crippen LogP) is 2.20. The molecule has 0 amide bonds. The average molecular weight is 164 g/mol. The van der Waals surface area contributed by atoms with Crippen LogP contribution in [0, 0.1) is 5.92 Å². The molecule has 2 heterocycles. The third-order valence-electron chi connectivity index (χ3n) is 2.58. The van der Waals surface area contributed by atoms with Gasteiger partial charge in [-0.25, -0.2) is 4.98 Å². The smallest absolute Gasteiger partial charge is 0.0951 e. The van der Waals surface area contributed by atoms with Gasteiger partial charge in [-0.1, -0.05) is 20.8 Å². The summed E-state index contributed by atoms with van der Waals surface area (Å²) >= 11 is 0. The molecule has 1 atom stereocenters. The topological polar surface area (TPSA) is 17.8 Å². The molecular formula is C10H16N2. The third kappa shape index (κ3) is 1.06. The van der Waals surface area contributed by atoms with Crippen molar-refractivity contribution in [3.05, 3.63) is 17.7 Å². The van der Waals surface area contributed by atoms with Crippen molar-refractivity contribution in [2.45, 2.75) is 39.7 Å². The average Bonchev–Trinajstić information content (AvgIpc) is 2.43. The molecule has 0 unspecified atom stereocenters. The van der Waals surface area contributed by atoms with E-state index in [9.17, 15) is 0 Å². The van der Waals surface area contributed by atoms with Gasteiger partial charge in [0.1, 0.15) is 0 Å². The Morgan fingerprint density at radius 1 is 1.58 bits per heavy atom. The third-order valence-corrected chi connectivity index (χ3v) is 2.58. The van der Waals surface area contributed by atoms with Gasteiger partial charge in [0.05, 0.1) is 12.0 Å². The molecule has 2 nitrogen and oxygen atoms in total. The van der Waals surface area contributed by atoms with Crippen LogP contribution in [-0.2, 0) is 13.0 Å². The Morgan fingerprint density at radius 2 is 2.33 bits per heavy atom. The zero-order chi connectivity index (χ0) is 8.72. The number of aromatic nitrogens is 2. The van der Waals surface area contributed by atoms with Crippen LogP contribution in [0.15, 0.2) is 6.33 Å². The van der Waals surface area contributed by atoms with Crippen LogP contribution in [0.2, 0.25) is 0 Å². The zero-order valence-corrected chi connectivity index (χ0v) is 8.04. The van der Waals surface area contributed by atoms with Gasteiger partial charge in [0, 0.05) is 12.2 Å². The monoisotopic (exact) mass is 164 g/mol. The summed E-state index contributed by atoms with van der Waals surface area (Å²) in [6.07, 6.45) is 3.21. The highest BCUT2D eigenvalue weighted by Gasteiger charge is 2.22. The number of hydrogen-bond acceptors (Lipinski definition) is 1. The Labute approximate surface area is 73.6 Å². The van der Waals surface area contributed by atoms with E-state index in [1.807, 2.05) is 6.33 Å². The molecule has 1 aliphatic rings. The van der Waals surface area contributed by atoms with E-state index < -0.39 is 0 Å². The predicted molar refractivity (Wildman–Crippen MR) is 49.2 cm³/mol. The Morgan fingerprint density at radius 3 is 3.00 bits per heavy atom. The fourth-order valence-electron chi connectivity index (χ4n) is 2.02.